The van der Waals surface area contributed by atoms with Crippen LogP contribution in [0.1, 0.15) is 18.3 Å². The third-order valence-electron chi connectivity index (χ3n) is 4.16. The maximum atomic E-state index is 12.6. The second-order valence-electron chi connectivity index (χ2n) is 6.05. The van der Waals surface area contributed by atoms with Crippen molar-refractivity contribution in [1.29, 1.82) is 0 Å². The monoisotopic (exact) mass is 420 g/mol. The van der Waals surface area contributed by atoms with Gasteiger partial charge in [0.25, 0.3) is 0 Å². The fraction of sp³-hybridized carbons (Fsp3) is 0.278. The van der Waals surface area contributed by atoms with Crippen LogP contribution in [0.3, 0.4) is 0 Å². The van der Waals surface area contributed by atoms with E-state index in [9.17, 15) is 4.79 Å². The highest BCUT2D eigenvalue weighted by atomic mass is 79.9. The number of halogens is 2. The fourth-order valence-electron chi connectivity index (χ4n) is 2.69. The molecule has 0 aliphatic heterocycles. The van der Waals surface area contributed by atoms with Crippen LogP contribution in [-0.2, 0) is 11.3 Å². The van der Waals surface area contributed by atoms with Gasteiger partial charge in [0, 0.05) is 16.1 Å². The number of carbonyl (C=O) groups excluding carboxylic acids is 1. The topological polar surface area (TPSA) is 59.8 Å². The summed E-state index contributed by atoms with van der Waals surface area (Å²) in [7, 11) is 0. The Morgan fingerprint density at radius 2 is 2.12 bits per heavy atom. The average Bonchev–Trinajstić information content (AvgIpc) is 2.84. The van der Waals surface area contributed by atoms with Crippen molar-refractivity contribution in [3.8, 4) is 0 Å². The van der Waals surface area contributed by atoms with Crippen LogP contribution in [-0.4, -0.2) is 20.7 Å². The summed E-state index contributed by atoms with van der Waals surface area (Å²) < 4.78 is 2.72. The molecule has 0 spiro atoms. The Balaban J connectivity index is 1.80. The first-order valence-electron chi connectivity index (χ1n) is 7.92. The number of fused-ring (bicyclic) bond motifs is 1. The molecule has 0 radical (unpaired) electrons. The highest BCUT2D eigenvalue weighted by Gasteiger charge is 2.18. The summed E-state index contributed by atoms with van der Waals surface area (Å²) in [5.74, 6) is -0.352. The Labute approximate surface area is 159 Å². The van der Waals surface area contributed by atoms with Crippen molar-refractivity contribution in [3.05, 3.63) is 51.3 Å². The number of rotatable bonds is 4. The summed E-state index contributed by atoms with van der Waals surface area (Å²) in [6.07, 6.45) is 1.71. The molecule has 2 heterocycles. The fourth-order valence-corrected chi connectivity index (χ4v) is 3.28. The molecule has 0 fully saturated rings. The van der Waals surface area contributed by atoms with E-state index in [4.69, 9.17) is 11.6 Å². The zero-order valence-corrected chi connectivity index (χ0v) is 16.5. The van der Waals surface area contributed by atoms with E-state index in [-0.39, 0.29) is 11.8 Å². The van der Waals surface area contributed by atoms with E-state index in [1.165, 1.54) is 0 Å². The molecule has 0 saturated carbocycles. The summed E-state index contributed by atoms with van der Waals surface area (Å²) >= 11 is 9.69. The van der Waals surface area contributed by atoms with E-state index in [1.807, 2.05) is 45.0 Å². The Bertz CT molecular complexity index is 954. The number of pyridine rings is 1. The van der Waals surface area contributed by atoms with Gasteiger partial charge in [0.15, 0.2) is 0 Å². The van der Waals surface area contributed by atoms with Gasteiger partial charge < -0.3 is 5.32 Å². The molecule has 0 aliphatic rings. The van der Waals surface area contributed by atoms with Gasteiger partial charge >= 0.3 is 0 Å². The van der Waals surface area contributed by atoms with Crippen LogP contribution in [0, 0.1) is 19.8 Å². The third kappa shape index (κ3) is 3.55. The Hall–Kier alpha value is -1.92. The summed E-state index contributed by atoms with van der Waals surface area (Å²) in [5.41, 5.74) is 3.10. The third-order valence-corrected chi connectivity index (χ3v) is 5.40. The van der Waals surface area contributed by atoms with Gasteiger partial charge in [0.05, 0.1) is 40.1 Å². The van der Waals surface area contributed by atoms with E-state index in [1.54, 1.807) is 10.9 Å². The second kappa shape index (κ2) is 7.14. The van der Waals surface area contributed by atoms with Crippen LogP contribution >= 0.6 is 27.5 Å². The van der Waals surface area contributed by atoms with Gasteiger partial charge in [-0.25, -0.2) is 0 Å². The summed E-state index contributed by atoms with van der Waals surface area (Å²) in [4.78, 5) is 17.0. The van der Waals surface area contributed by atoms with Gasteiger partial charge in [-0.2, -0.15) is 5.10 Å². The van der Waals surface area contributed by atoms with Crippen LogP contribution < -0.4 is 5.32 Å². The lowest BCUT2D eigenvalue weighted by Crippen LogP contribution is -2.25. The van der Waals surface area contributed by atoms with E-state index in [2.05, 4.69) is 31.3 Å². The SMILES string of the molecule is Cc1nn(CC(C)C(=O)Nc2ccc(Br)c3cccnc23)c(C)c1Cl. The molecule has 1 unspecified atom stereocenters. The lowest BCUT2D eigenvalue weighted by Gasteiger charge is -2.15. The second-order valence-corrected chi connectivity index (χ2v) is 7.28. The minimum Gasteiger partial charge on any atom is -0.324 e. The number of carbonyl (C=O) groups is 1. The number of anilines is 1. The standard InChI is InChI=1S/C18H18BrClN4O/c1-10(9-24-12(3)16(20)11(2)23-24)18(25)22-15-7-6-14(19)13-5-4-8-21-17(13)15/h4-8,10H,9H2,1-3H3,(H,22,25). The zero-order valence-electron chi connectivity index (χ0n) is 14.2. The maximum absolute atomic E-state index is 12.6. The van der Waals surface area contributed by atoms with Crippen molar-refractivity contribution in [2.24, 2.45) is 5.92 Å². The smallest absolute Gasteiger partial charge is 0.229 e. The molecule has 1 aromatic carbocycles. The largest absolute Gasteiger partial charge is 0.324 e. The number of hydrogen-bond donors (Lipinski definition) is 1. The molecular formula is C18H18BrClN4O. The summed E-state index contributed by atoms with van der Waals surface area (Å²) in [6, 6.07) is 7.59. The van der Waals surface area contributed by atoms with Gasteiger partial charge in [-0.15, -0.1) is 0 Å². The van der Waals surface area contributed by atoms with Crippen LogP contribution in [0.4, 0.5) is 5.69 Å². The molecule has 1 N–H and O–H groups in total. The lowest BCUT2D eigenvalue weighted by atomic mass is 10.1. The minimum absolute atomic E-state index is 0.0852. The summed E-state index contributed by atoms with van der Waals surface area (Å²) in [5, 5.41) is 8.97. The van der Waals surface area contributed by atoms with E-state index >= 15 is 0 Å². The Morgan fingerprint density at radius 3 is 2.80 bits per heavy atom. The van der Waals surface area contributed by atoms with E-state index in [0.29, 0.717) is 17.3 Å². The predicted molar refractivity (Wildman–Crippen MR) is 104 cm³/mol. The first-order valence-corrected chi connectivity index (χ1v) is 9.09. The van der Waals surface area contributed by atoms with Crippen LogP contribution in [0.5, 0.6) is 0 Å². The van der Waals surface area contributed by atoms with Crippen LogP contribution in [0.15, 0.2) is 34.9 Å². The van der Waals surface area contributed by atoms with Gasteiger partial charge in [0.2, 0.25) is 5.91 Å². The molecule has 3 aromatic rings. The molecular weight excluding hydrogens is 404 g/mol. The Kier molecular flexibility index (Phi) is 5.11. The quantitative estimate of drug-likeness (QED) is 0.662. The van der Waals surface area contributed by atoms with Crippen molar-refractivity contribution in [3.63, 3.8) is 0 Å². The number of aromatic nitrogens is 3. The molecule has 3 rings (SSSR count). The lowest BCUT2D eigenvalue weighted by molar-refractivity contribution is -0.119. The number of aryl methyl sites for hydroxylation is 1. The van der Waals surface area contributed by atoms with Crippen molar-refractivity contribution < 1.29 is 4.79 Å². The van der Waals surface area contributed by atoms with Crippen LogP contribution in [0.25, 0.3) is 10.9 Å². The van der Waals surface area contributed by atoms with Crippen molar-refractivity contribution in [2.75, 3.05) is 5.32 Å². The molecule has 0 bridgehead atoms. The minimum atomic E-state index is -0.267. The average molecular weight is 422 g/mol. The van der Waals surface area contributed by atoms with Gasteiger partial charge in [-0.1, -0.05) is 40.5 Å². The van der Waals surface area contributed by atoms with Crippen molar-refractivity contribution in [2.45, 2.75) is 27.3 Å². The molecule has 1 atom stereocenters. The highest BCUT2D eigenvalue weighted by Crippen LogP contribution is 2.28. The molecule has 7 heteroatoms. The molecule has 25 heavy (non-hydrogen) atoms. The molecule has 2 aromatic heterocycles. The van der Waals surface area contributed by atoms with Gasteiger partial charge in [-0.05, 0) is 32.0 Å². The normalized spacial score (nSPS) is 12.4. The van der Waals surface area contributed by atoms with Crippen molar-refractivity contribution in [1.82, 2.24) is 14.8 Å². The van der Waals surface area contributed by atoms with Crippen molar-refractivity contribution >= 4 is 50.0 Å². The van der Waals surface area contributed by atoms with E-state index in [0.717, 1.165) is 26.8 Å². The van der Waals surface area contributed by atoms with Crippen LogP contribution in [0.2, 0.25) is 5.02 Å². The zero-order chi connectivity index (χ0) is 18.1. The number of benzene rings is 1. The first-order chi connectivity index (χ1) is 11.9. The molecule has 130 valence electrons. The van der Waals surface area contributed by atoms with E-state index < -0.39 is 0 Å². The number of nitrogens with zero attached hydrogens (tertiary/aromatic N) is 3. The van der Waals surface area contributed by atoms with Gasteiger partial charge in [0.1, 0.15) is 0 Å². The summed E-state index contributed by atoms with van der Waals surface area (Å²) in [6.45, 7) is 6.09. The number of nitrogens with one attached hydrogen (secondary N) is 1. The molecule has 0 aliphatic carbocycles. The molecule has 1 amide bonds. The predicted octanol–water partition coefficient (Wildman–Crippen LogP) is 4.74. The highest BCUT2D eigenvalue weighted by molar-refractivity contribution is 9.10. The Morgan fingerprint density at radius 1 is 1.36 bits per heavy atom. The van der Waals surface area contributed by atoms with Gasteiger partial charge in [-0.3, -0.25) is 14.5 Å². The number of hydrogen-bond acceptors (Lipinski definition) is 3. The first kappa shape index (κ1) is 17.9. The maximum Gasteiger partial charge on any atom is 0.229 e. The number of amides is 1. The molecule has 5 nitrogen and oxygen atoms in total. The molecule has 0 saturated heterocycles.